The van der Waals surface area contributed by atoms with Gasteiger partial charge in [-0.15, -0.1) is 22.7 Å². The number of amides is 2. The molecule has 2 N–H and O–H groups in total. The lowest BCUT2D eigenvalue weighted by molar-refractivity contribution is -0.119. The number of aromatic nitrogens is 1. The second-order valence-corrected chi connectivity index (χ2v) is 6.48. The van der Waals surface area contributed by atoms with E-state index < -0.39 is 6.04 Å². The second kappa shape index (κ2) is 7.33. The molecule has 0 aliphatic heterocycles. The monoisotopic (exact) mass is 323 g/mol. The van der Waals surface area contributed by atoms with Crippen LogP contribution in [-0.2, 0) is 4.79 Å². The zero-order valence-corrected chi connectivity index (χ0v) is 13.5. The lowest BCUT2D eigenvalue weighted by atomic mass is 9.98. The molecule has 2 amide bonds. The molecule has 0 spiro atoms. The van der Waals surface area contributed by atoms with Crippen molar-refractivity contribution in [1.29, 1.82) is 0 Å². The number of rotatable bonds is 6. The molecule has 2 aromatic rings. The van der Waals surface area contributed by atoms with Gasteiger partial charge in [-0.3, -0.25) is 9.59 Å². The minimum absolute atomic E-state index is 0.0360. The molecule has 7 heteroatoms. The Balaban J connectivity index is 2.07. The number of carbonyl (C=O) groups is 2. The van der Waals surface area contributed by atoms with E-state index in [-0.39, 0.29) is 17.7 Å². The number of nitrogens with one attached hydrogen (secondary N) is 2. The van der Waals surface area contributed by atoms with Crippen LogP contribution in [0, 0.1) is 5.92 Å². The fraction of sp³-hybridized carbons (Fsp3) is 0.357. The highest BCUT2D eigenvalue weighted by Gasteiger charge is 2.27. The first-order valence-corrected chi connectivity index (χ1v) is 8.42. The van der Waals surface area contributed by atoms with Gasteiger partial charge < -0.3 is 10.6 Å². The van der Waals surface area contributed by atoms with Gasteiger partial charge in [-0.1, -0.05) is 26.3 Å². The van der Waals surface area contributed by atoms with E-state index in [1.165, 1.54) is 22.7 Å². The molecule has 0 aliphatic rings. The zero-order chi connectivity index (χ0) is 15.2. The van der Waals surface area contributed by atoms with E-state index in [1.807, 2.05) is 25.3 Å². The lowest BCUT2D eigenvalue weighted by Gasteiger charge is -2.22. The van der Waals surface area contributed by atoms with Crippen LogP contribution in [0.2, 0.25) is 0 Å². The summed E-state index contributed by atoms with van der Waals surface area (Å²) in [6, 6.07) is 2.98. The molecule has 0 radical (unpaired) electrons. The highest BCUT2D eigenvalue weighted by molar-refractivity contribution is 7.13. The van der Waals surface area contributed by atoms with Crippen LogP contribution < -0.4 is 10.6 Å². The Morgan fingerprint density at radius 3 is 2.71 bits per heavy atom. The van der Waals surface area contributed by atoms with Crippen molar-refractivity contribution in [2.45, 2.75) is 26.3 Å². The van der Waals surface area contributed by atoms with Crippen molar-refractivity contribution >= 4 is 39.6 Å². The van der Waals surface area contributed by atoms with Crippen LogP contribution in [0.15, 0.2) is 29.1 Å². The third-order valence-corrected chi connectivity index (χ3v) is 4.75. The summed E-state index contributed by atoms with van der Waals surface area (Å²) in [6.07, 6.45) is 2.42. The maximum absolute atomic E-state index is 12.4. The fourth-order valence-corrected chi connectivity index (χ4v) is 2.95. The van der Waals surface area contributed by atoms with Crippen LogP contribution in [0.1, 0.15) is 29.9 Å². The minimum Gasteiger partial charge on any atom is -0.339 e. The normalized spacial score (nSPS) is 13.4. The Labute approximate surface area is 131 Å². The highest BCUT2D eigenvalue weighted by atomic mass is 32.1. The second-order valence-electron chi connectivity index (χ2n) is 4.64. The molecule has 21 heavy (non-hydrogen) atoms. The number of thiazole rings is 1. The number of hydrogen-bond acceptors (Lipinski definition) is 5. The zero-order valence-electron chi connectivity index (χ0n) is 11.8. The number of nitrogens with zero attached hydrogens (tertiary/aromatic N) is 1. The van der Waals surface area contributed by atoms with Gasteiger partial charge in [0.2, 0.25) is 5.91 Å². The molecule has 0 saturated carbocycles. The van der Waals surface area contributed by atoms with Gasteiger partial charge in [0.25, 0.3) is 5.91 Å². The van der Waals surface area contributed by atoms with E-state index in [1.54, 1.807) is 17.6 Å². The summed E-state index contributed by atoms with van der Waals surface area (Å²) < 4.78 is 0. The largest absolute Gasteiger partial charge is 0.339 e. The summed E-state index contributed by atoms with van der Waals surface area (Å²) in [5.41, 5.74) is 0. The highest BCUT2D eigenvalue weighted by Crippen LogP contribution is 2.16. The van der Waals surface area contributed by atoms with E-state index in [0.29, 0.717) is 10.0 Å². The molecule has 0 saturated heterocycles. The molecule has 112 valence electrons. The topological polar surface area (TPSA) is 71.1 Å². The molecule has 0 bridgehead atoms. The Bertz CT molecular complexity index is 581. The van der Waals surface area contributed by atoms with E-state index in [0.717, 1.165) is 6.42 Å². The number of thiophene rings is 1. The molecule has 0 aliphatic carbocycles. The summed E-state index contributed by atoms with van der Waals surface area (Å²) in [6.45, 7) is 3.94. The van der Waals surface area contributed by atoms with Crippen molar-refractivity contribution in [1.82, 2.24) is 10.3 Å². The van der Waals surface area contributed by atoms with Gasteiger partial charge in [0.15, 0.2) is 5.13 Å². The molecule has 2 aromatic heterocycles. The predicted octanol–water partition coefficient (Wildman–Crippen LogP) is 2.99. The molecule has 1 unspecified atom stereocenters. The Kier molecular flexibility index (Phi) is 5.46. The molecule has 0 aromatic carbocycles. The van der Waals surface area contributed by atoms with E-state index >= 15 is 0 Å². The maximum Gasteiger partial charge on any atom is 0.262 e. The van der Waals surface area contributed by atoms with Crippen LogP contribution in [0.4, 0.5) is 5.13 Å². The summed E-state index contributed by atoms with van der Waals surface area (Å²) in [7, 11) is 0. The minimum atomic E-state index is -0.575. The summed E-state index contributed by atoms with van der Waals surface area (Å²) in [4.78, 5) is 29.1. The molecular formula is C14H17N3O2S2. The van der Waals surface area contributed by atoms with Gasteiger partial charge in [0.1, 0.15) is 6.04 Å². The van der Waals surface area contributed by atoms with Crippen LogP contribution in [0.25, 0.3) is 0 Å². The van der Waals surface area contributed by atoms with Gasteiger partial charge in [-0.25, -0.2) is 4.98 Å². The number of anilines is 1. The molecule has 0 fully saturated rings. The van der Waals surface area contributed by atoms with Crippen molar-refractivity contribution in [3.8, 4) is 0 Å². The van der Waals surface area contributed by atoms with Crippen molar-refractivity contribution < 1.29 is 9.59 Å². The van der Waals surface area contributed by atoms with Crippen molar-refractivity contribution in [2.24, 2.45) is 5.92 Å². The van der Waals surface area contributed by atoms with Gasteiger partial charge in [-0.2, -0.15) is 0 Å². The SMILES string of the molecule is CCC(C)[C@H](NC(=O)c1cccs1)C(=O)Nc1nccs1. The Morgan fingerprint density at radius 1 is 1.33 bits per heavy atom. The van der Waals surface area contributed by atoms with Crippen LogP contribution >= 0.6 is 22.7 Å². The molecule has 5 nitrogen and oxygen atoms in total. The van der Waals surface area contributed by atoms with Crippen molar-refractivity contribution in [3.05, 3.63) is 34.0 Å². The predicted molar refractivity (Wildman–Crippen MR) is 85.8 cm³/mol. The number of carbonyl (C=O) groups excluding carboxylic acids is 2. The first-order valence-electron chi connectivity index (χ1n) is 6.66. The maximum atomic E-state index is 12.4. The number of hydrogen-bond donors (Lipinski definition) is 2. The van der Waals surface area contributed by atoms with Crippen LogP contribution in [0.3, 0.4) is 0 Å². The first-order chi connectivity index (χ1) is 10.1. The van der Waals surface area contributed by atoms with Gasteiger partial charge in [0.05, 0.1) is 4.88 Å². The van der Waals surface area contributed by atoms with Gasteiger partial charge >= 0.3 is 0 Å². The van der Waals surface area contributed by atoms with Crippen molar-refractivity contribution in [3.63, 3.8) is 0 Å². The third kappa shape index (κ3) is 4.12. The fourth-order valence-electron chi connectivity index (χ4n) is 1.79. The van der Waals surface area contributed by atoms with Gasteiger partial charge in [0, 0.05) is 11.6 Å². The van der Waals surface area contributed by atoms with Crippen LogP contribution in [-0.4, -0.2) is 22.8 Å². The quantitative estimate of drug-likeness (QED) is 0.858. The van der Waals surface area contributed by atoms with Crippen molar-refractivity contribution in [2.75, 3.05) is 5.32 Å². The average Bonchev–Trinajstić information content (AvgIpc) is 3.16. The summed E-state index contributed by atoms with van der Waals surface area (Å²) >= 11 is 2.71. The smallest absolute Gasteiger partial charge is 0.262 e. The Morgan fingerprint density at radius 2 is 2.14 bits per heavy atom. The standard InChI is InChI=1S/C14H17N3O2S2/c1-3-9(2)11(13(19)17-14-15-6-8-21-14)16-12(18)10-5-4-7-20-10/h4-9,11H,3H2,1-2H3,(H,16,18)(H,15,17,19)/t9?,11-/m0/s1. The third-order valence-electron chi connectivity index (χ3n) is 3.19. The summed E-state index contributed by atoms with van der Waals surface area (Å²) in [5.74, 6) is -0.414. The lowest BCUT2D eigenvalue weighted by Crippen LogP contribution is -2.47. The van der Waals surface area contributed by atoms with Gasteiger partial charge in [-0.05, 0) is 17.4 Å². The van der Waals surface area contributed by atoms with E-state index in [4.69, 9.17) is 0 Å². The molecule has 2 rings (SSSR count). The summed E-state index contributed by atoms with van der Waals surface area (Å²) in [5, 5.41) is 9.73. The van der Waals surface area contributed by atoms with E-state index in [9.17, 15) is 9.59 Å². The average molecular weight is 323 g/mol. The van der Waals surface area contributed by atoms with Crippen LogP contribution in [0.5, 0.6) is 0 Å². The first kappa shape index (κ1) is 15.7. The molecular weight excluding hydrogens is 306 g/mol. The molecule has 2 heterocycles. The van der Waals surface area contributed by atoms with E-state index in [2.05, 4.69) is 15.6 Å². The molecule has 2 atom stereocenters. The Hall–Kier alpha value is -1.73.